The molecule has 0 spiro atoms. The molecule has 1 heterocycles. The number of halogens is 1. The summed E-state index contributed by atoms with van der Waals surface area (Å²) in [7, 11) is 0. The van der Waals surface area contributed by atoms with Gasteiger partial charge in [-0.2, -0.15) is 0 Å². The van der Waals surface area contributed by atoms with E-state index in [0.717, 1.165) is 0 Å². The number of aldehydes is 1. The lowest BCUT2D eigenvalue weighted by molar-refractivity contribution is -0.104. The van der Waals surface area contributed by atoms with Crippen LogP contribution in [0.25, 0.3) is 28.5 Å². The van der Waals surface area contributed by atoms with Crippen molar-refractivity contribution in [2.75, 3.05) is 0 Å². The lowest BCUT2D eigenvalue weighted by Gasteiger charge is -2.11. The third-order valence-corrected chi connectivity index (χ3v) is 4.69. The molecule has 0 fully saturated rings. The van der Waals surface area contributed by atoms with Gasteiger partial charge in [0.15, 0.2) is 17.9 Å². The van der Waals surface area contributed by atoms with Crippen LogP contribution in [0.5, 0.6) is 11.5 Å². The zero-order valence-electron chi connectivity index (χ0n) is 15.4. The molecule has 4 aromatic rings. The highest BCUT2D eigenvalue weighted by atomic mass is 35.5. The molecule has 30 heavy (non-hydrogen) atoms. The highest BCUT2D eigenvalue weighted by molar-refractivity contribution is 6.35. The summed E-state index contributed by atoms with van der Waals surface area (Å²) in [5, 5.41) is 25.4. The first kappa shape index (κ1) is 19.4. The Hall–Kier alpha value is -3.97. The van der Waals surface area contributed by atoms with Gasteiger partial charge in [0, 0.05) is 5.02 Å². The summed E-state index contributed by atoms with van der Waals surface area (Å²) < 4.78 is 1.32. The van der Waals surface area contributed by atoms with Gasteiger partial charge in [-0.15, -0.1) is 5.10 Å². The number of aromatic hydroxyl groups is 2. The number of Topliss-reactive ketones (excluding diaryl/α,β-unsaturated/α-hetero) is 1. The number of benzene rings is 3. The molecule has 0 radical (unpaired) electrons. The normalized spacial score (nSPS) is 10.7. The number of carbonyl (C=O) groups excluding carboxylic acids is 2. The van der Waals surface area contributed by atoms with Crippen molar-refractivity contribution in [3.63, 3.8) is 0 Å². The van der Waals surface area contributed by atoms with Crippen molar-refractivity contribution < 1.29 is 19.8 Å². The molecule has 0 bridgehead atoms. The van der Waals surface area contributed by atoms with E-state index in [-0.39, 0.29) is 40.7 Å². The molecular formula is C22H14ClN3O4. The summed E-state index contributed by atoms with van der Waals surface area (Å²) >= 11 is 6.14. The van der Waals surface area contributed by atoms with Gasteiger partial charge in [0.05, 0.1) is 22.4 Å². The van der Waals surface area contributed by atoms with Gasteiger partial charge < -0.3 is 10.2 Å². The molecule has 148 valence electrons. The number of nitrogens with zero attached hydrogens (tertiary/aromatic N) is 3. The SMILES string of the molecule is O=CC(=O)c1ccc(Cl)cc1-n1nc(-c2ccccc2O)nc1-c1ccccc1O. The number of phenolic OH excluding ortho intramolecular Hbond substituents is 2. The molecule has 0 aliphatic heterocycles. The Morgan fingerprint density at radius 2 is 1.57 bits per heavy atom. The fourth-order valence-corrected chi connectivity index (χ4v) is 3.21. The van der Waals surface area contributed by atoms with Crippen molar-refractivity contribution in [2.45, 2.75) is 0 Å². The van der Waals surface area contributed by atoms with Crippen molar-refractivity contribution >= 4 is 23.7 Å². The van der Waals surface area contributed by atoms with E-state index in [1.54, 1.807) is 36.4 Å². The fourth-order valence-electron chi connectivity index (χ4n) is 3.05. The maximum absolute atomic E-state index is 12.2. The van der Waals surface area contributed by atoms with Gasteiger partial charge in [0.25, 0.3) is 0 Å². The molecular weight excluding hydrogens is 406 g/mol. The average Bonchev–Trinajstić information content (AvgIpc) is 3.18. The Labute approximate surface area is 175 Å². The molecule has 0 unspecified atom stereocenters. The van der Waals surface area contributed by atoms with Gasteiger partial charge in [-0.05, 0) is 42.5 Å². The molecule has 4 rings (SSSR count). The van der Waals surface area contributed by atoms with Crippen LogP contribution in [0.1, 0.15) is 10.4 Å². The van der Waals surface area contributed by atoms with Crippen LogP contribution in [-0.2, 0) is 4.79 Å². The first-order chi connectivity index (χ1) is 14.5. The maximum atomic E-state index is 12.2. The predicted molar refractivity (Wildman–Crippen MR) is 111 cm³/mol. The second-order valence-electron chi connectivity index (χ2n) is 6.35. The number of hydrogen-bond acceptors (Lipinski definition) is 6. The minimum atomic E-state index is -0.760. The zero-order valence-corrected chi connectivity index (χ0v) is 16.1. The number of para-hydroxylation sites is 2. The van der Waals surface area contributed by atoms with Crippen LogP contribution in [0.4, 0.5) is 0 Å². The Balaban J connectivity index is 2.04. The van der Waals surface area contributed by atoms with Crippen LogP contribution in [-0.4, -0.2) is 37.0 Å². The van der Waals surface area contributed by atoms with Gasteiger partial charge in [-0.1, -0.05) is 35.9 Å². The van der Waals surface area contributed by atoms with Crippen molar-refractivity contribution in [1.82, 2.24) is 14.8 Å². The van der Waals surface area contributed by atoms with E-state index in [2.05, 4.69) is 10.1 Å². The average molecular weight is 420 g/mol. The summed E-state index contributed by atoms with van der Waals surface area (Å²) in [4.78, 5) is 27.8. The standard InChI is InChI=1S/C22H14ClN3O4/c23-13-9-10-14(20(30)12-27)17(11-13)26-22(16-6-2-4-8-19(16)29)24-21(25-26)15-5-1-3-7-18(15)28/h1-12,28-29H. The summed E-state index contributed by atoms with van der Waals surface area (Å²) in [6, 6.07) is 17.4. The number of phenols is 2. The van der Waals surface area contributed by atoms with Gasteiger partial charge in [-0.3, -0.25) is 9.59 Å². The highest BCUT2D eigenvalue weighted by Crippen LogP contribution is 2.34. The molecule has 1 aromatic heterocycles. The third-order valence-electron chi connectivity index (χ3n) is 4.46. The topological polar surface area (TPSA) is 105 Å². The van der Waals surface area contributed by atoms with Gasteiger partial charge in [-0.25, -0.2) is 9.67 Å². The minimum absolute atomic E-state index is 0.0335. The summed E-state index contributed by atoms with van der Waals surface area (Å²) in [6.07, 6.45) is 0.202. The molecule has 0 aliphatic carbocycles. The monoisotopic (exact) mass is 419 g/mol. The van der Waals surface area contributed by atoms with Crippen LogP contribution >= 0.6 is 11.6 Å². The number of rotatable bonds is 5. The molecule has 7 nitrogen and oxygen atoms in total. The van der Waals surface area contributed by atoms with Gasteiger partial charge >= 0.3 is 0 Å². The Morgan fingerprint density at radius 3 is 2.20 bits per heavy atom. The second-order valence-corrected chi connectivity index (χ2v) is 6.79. The molecule has 0 atom stereocenters. The van der Waals surface area contributed by atoms with E-state index in [1.165, 1.54) is 35.0 Å². The largest absolute Gasteiger partial charge is 0.507 e. The van der Waals surface area contributed by atoms with Crippen LogP contribution in [0.15, 0.2) is 66.7 Å². The van der Waals surface area contributed by atoms with Crippen molar-refractivity contribution in [2.24, 2.45) is 0 Å². The number of ketones is 1. The van der Waals surface area contributed by atoms with E-state index in [4.69, 9.17) is 11.6 Å². The molecule has 0 saturated carbocycles. The second kappa shape index (κ2) is 7.81. The summed E-state index contributed by atoms with van der Waals surface area (Å²) in [5.41, 5.74) is 0.987. The van der Waals surface area contributed by atoms with E-state index < -0.39 is 5.78 Å². The Morgan fingerprint density at radius 1 is 0.933 bits per heavy atom. The van der Waals surface area contributed by atoms with E-state index >= 15 is 0 Å². The summed E-state index contributed by atoms with van der Waals surface area (Å²) in [6.45, 7) is 0. The predicted octanol–water partition coefficient (Wildman–Crippen LogP) is 4.05. The zero-order chi connectivity index (χ0) is 21.3. The molecule has 8 heteroatoms. The summed E-state index contributed by atoms with van der Waals surface area (Å²) in [5.74, 6) is -0.483. The smallest absolute Gasteiger partial charge is 0.227 e. The van der Waals surface area contributed by atoms with Crippen LogP contribution in [0, 0.1) is 0 Å². The first-order valence-corrected chi connectivity index (χ1v) is 9.20. The quantitative estimate of drug-likeness (QED) is 0.287. The third kappa shape index (κ3) is 3.42. The van der Waals surface area contributed by atoms with E-state index in [1.807, 2.05) is 0 Å². The maximum Gasteiger partial charge on any atom is 0.227 e. The number of hydrogen-bond donors (Lipinski definition) is 2. The molecule has 0 saturated heterocycles. The van der Waals surface area contributed by atoms with Crippen LogP contribution in [0.2, 0.25) is 5.02 Å². The van der Waals surface area contributed by atoms with E-state index in [9.17, 15) is 19.8 Å². The van der Waals surface area contributed by atoms with Gasteiger partial charge in [0.2, 0.25) is 5.78 Å². The van der Waals surface area contributed by atoms with E-state index in [0.29, 0.717) is 16.1 Å². The first-order valence-electron chi connectivity index (χ1n) is 8.83. The molecule has 0 amide bonds. The van der Waals surface area contributed by atoms with Crippen molar-refractivity contribution in [3.05, 3.63) is 77.3 Å². The molecule has 2 N–H and O–H groups in total. The lowest BCUT2D eigenvalue weighted by Crippen LogP contribution is -2.09. The van der Waals surface area contributed by atoms with Gasteiger partial charge in [0.1, 0.15) is 11.5 Å². The molecule has 0 aliphatic rings. The Kier molecular flexibility index (Phi) is 5.04. The van der Waals surface area contributed by atoms with Crippen LogP contribution < -0.4 is 0 Å². The van der Waals surface area contributed by atoms with Crippen molar-refractivity contribution in [3.8, 4) is 40.0 Å². The lowest BCUT2D eigenvalue weighted by atomic mass is 10.1. The van der Waals surface area contributed by atoms with Crippen molar-refractivity contribution in [1.29, 1.82) is 0 Å². The minimum Gasteiger partial charge on any atom is -0.507 e. The molecule has 3 aromatic carbocycles. The highest BCUT2D eigenvalue weighted by Gasteiger charge is 2.22. The number of carbonyl (C=O) groups is 2. The Bertz CT molecular complexity index is 1280. The van der Waals surface area contributed by atoms with Crippen LogP contribution in [0.3, 0.4) is 0 Å². The fraction of sp³-hybridized carbons (Fsp3) is 0. The number of aromatic nitrogens is 3.